The molecular formula is C17H18N2O6S. The van der Waals surface area contributed by atoms with Gasteiger partial charge in [-0.1, -0.05) is 18.2 Å². The number of carbonyl (C=O) groups excluding carboxylic acids is 1. The maximum atomic E-state index is 12.4. The second-order valence-corrected chi connectivity index (χ2v) is 6.95. The zero-order chi connectivity index (χ0) is 19.5. The van der Waals surface area contributed by atoms with Crippen LogP contribution in [0.3, 0.4) is 0 Å². The number of methoxy groups -OCH3 is 1. The van der Waals surface area contributed by atoms with Gasteiger partial charge < -0.3 is 9.84 Å². The SMILES string of the molecule is COC(=O)c1ccc(NS(=O)(=O)Nc2c(C)cccc2C)c(C(=O)O)c1. The first-order valence-corrected chi connectivity index (χ1v) is 8.95. The van der Waals surface area contributed by atoms with Gasteiger partial charge in [0, 0.05) is 0 Å². The fraction of sp³-hybridized carbons (Fsp3) is 0.176. The quantitative estimate of drug-likeness (QED) is 0.664. The van der Waals surface area contributed by atoms with Crippen molar-refractivity contribution in [1.29, 1.82) is 0 Å². The third-order valence-corrected chi connectivity index (χ3v) is 4.59. The van der Waals surface area contributed by atoms with Crippen molar-refractivity contribution >= 4 is 33.5 Å². The van der Waals surface area contributed by atoms with Crippen LogP contribution >= 0.6 is 0 Å². The number of carbonyl (C=O) groups is 2. The minimum atomic E-state index is -4.11. The zero-order valence-electron chi connectivity index (χ0n) is 14.4. The molecule has 0 aromatic heterocycles. The number of carboxylic acids is 1. The molecule has 0 amide bonds. The number of aromatic carboxylic acids is 1. The number of para-hydroxylation sites is 1. The van der Waals surface area contributed by atoms with Crippen molar-refractivity contribution in [2.75, 3.05) is 16.6 Å². The monoisotopic (exact) mass is 378 g/mol. The number of esters is 1. The van der Waals surface area contributed by atoms with Gasteiger partial charge in [0.15, 0.2) is 0 Å². The number of ether oxygens (including phenoxy) is 1. The summed E-state index contributed by atoms with van der Waals surface area (Å²) in [5.41, 5.74) is 1.28. The summed E-state index contributed by atoms with van der Waals surface area (Å²) < 4.78 is 33.9. The molecule has 0 aliphatic carbocycles. The van der Waals surface area contributed by atoms with Crippen LogP contribution in [0.25, 0.3) is 0 Å². The van der Waals surface area contributed by atoms with E-state index in [1.54, 1.807) is 32.0 Å². The summed E-state index contributed by atoms with van der Waals surface area (Å²) in [7, 11) is -2.95. The van der Waals surface area contributed by atoms with Crippen molar-refractivity contribution in [3.8, 4) is 0 Å². The van der Waals surface area contributed by atoms with Crippen LogP contribution in [0.1, 0.15) is 31.8 Å². The summed E-state index contributed by atoms with van der Waals surface area (Å²) in [6.45, 7) is 3.50. The van der Waals surface area contributed by atoms with E-state index in [9.17, 15) is 23.1 Å². The Kier molecular flexibility index (Phi) is 5.51. The fourth-order valence-corrected chi connectivity index (χ4v) is 3.44. The Balaban J connectivity index is 2.37. The molecule has 0 spiro atoms. The summed E-state index contributed by atoms with van der Waals surface area (Å²) >= 11 is 0. The second kappa shape index (κ2) is 7.44. The molecule has 0 saturated heterocycles. The van der Waals surface area contributed by atoms with Crippen molar-refractivity contribution in [3.63, 3.8) is 0 Å². The highest BCUT2D eigenvalue weighted by Crippen LogP contribution is 2.23. The van der Waals surface area contributed by atoms with E-state index in [0.29, 0.717) is 5.69 Å². The third kappa shape index (κ3) is 4.31. The molecule has 0 aliphatic rings. The lowest BCUT2D eigenvalue weighted by Crippen LogP contribution is -2.24. The van der Waals surface area contributed by atoms with Gasteiger partial charge in [0.25, 0.3) is 0 Å². The standard InChI is InChI=1S/C17H18N2O6S/c1-10-5-4-6-11(2)15(10)19-26(23,24)18-14-8-7-12(17(22)25-3)9-13(14)16(20)21/h4-9,18-19H,1-3H3,(H,20,21). The molecule has 0 fully saturated rings. The number of rotatable bonds is 6. The van der Waals surface area contributed by atoms with Crippen molar-refractivity contribution < 1.29 is 27.9 Å². The Morgan fingerprint density at radius 3 is 2.19 bits per heavy atom. The van der Waals surface area contributed by atoms with Gasteiger partial charge in [-0.3, -0.25) is 9.44 Å². The van der Waals surface area contributed by atoms with E-state index in [1.165, 1.54) is 12.1 Å². The van der Waals surface area contributed by atoms with E-state index in [0.717, 1.165) is 24.3 Å². The molecule has 0 aliphatic heterocycles. The molecule has 0 bridgehead atoms. The van der Waals surface area contributed by atoms with Crippen LogP contribution < -0.4 is 9.44 Å². The summed E-state index contributed by atoms with van der Waals surface area (Å²) in [6.07, 6.45) is 0. The van der Waals surface area contributed by atoms with Gasteiger partial charge in [-0.15, -0.1) is 0 Å². The maximum absolute atomic E-state index is 12.4. The van der Waals surface area contributed by atoms with Gasteiger partial charge in [0.05, 0.1) is 29.6 Å². The van der Waals surface area contributed by atoms with E-state index < -0.39 is 22.1 Å². The zero-order valence-corrected chi connectivity index (χ0v) is 15.2. The molecule has 0 radical (unpaired) electrons. The van der Waals surface area contributed by atoms with E-state index >= 15 is 0 Å². The van der Waals surface area contributed by atoms with Crippen molar-refractivity contribution in [1.82, 2.24) is 0 Å². The van der Waals surface area contributed by atoms with Gasteiger partial charge in [-0.05, 0) is 43.2 Å². The molecule has 0 unspecified atom stereocenters. The van der Waals surface area contributed by atoms with E-state index in [1.807, 2.05) is 0 Å². The molecule has 2 aromatic rings. The highest BCUT2D eigenvalue weighted by molar-refractivity contribution is 7.94. The summed E-state index contributed by atoms with van der Waals surface area (Å²) in [4.78, 5) is 23.0. The number of benzene rings is 2. The van der Waals surface area contributed by atoms with Crippen molar-refractivity contribution in [2.24, 2.45) is 0 Å². The van der Waals surface area contributed by atoms with Crippen LogP contribution in [0.2, 0.25) is 0 Å². The average Bonchev–Trinajstić information content (AvgIpc) is 2.57. The lowest BCUT2D eigenvalue weighted by atomic mass is 10.1. The van der Waals surface area contributed by atoms with Crippen LogP contribution in [-0.2, 0) is 14.9 Å². The lowest BCUT2D eigenvalue weighted by molar-refractivity contribution is 0.0600. The smallest absolute Gasteiger partial charge is 0.337 e. The molecule has 26 heavy (non-hydrogen) atoms. The minimum absolute atomic E-state index is 0.00412. The number of hydrogen-bond acceptors (Lipinski definition) is 5. The Bertz CT molecular complexity index is 949. The Morgan fingerprint density at radius 2 is 1.65 bits per heavy atom. The molecule has 2 aromatic carbocycles. The van der Waals surface area contributed by atoms with Crippen LogP contribution in [0.15, 0.2) is 36.4 Å². The third-order valence-electron chi connectivity index (χ3n) is 3.63. The number of aryl methyl sites for hydroxylation is 2. The van der Waals surface area contributed by atoms with E-state index in [-0.39, 0.29) is 16.8 Å². The topological polar surface area (TPSA) is 122 Å². The van der Waals surface area contributed by atoms with Gasteiger partial charge >= 0.3 is 22.1 Å². The number of anilines is 2. The van der Waals surface area contributed by atoms with E-state index in [2.05, 4.69) is 14.2 Å². The second-order valence-electron chi connectivity index (χ2n) is 5.53. The molecule has 0 saturated carbocycles. The average molecular weight is 378 g/mol. The molecule has 8 nitrogen and oxygen atoms in total. The first-order chi connectivity index (χ1) is 12.1. The number of hydrogen-bond donors (Lipinski definition) is 3. The molecule has 2 rings (SSSR count). The first-order valence-electron chi connectivity index (χ1n) is 7.47. The summed E-state index contributed by atoms with van der Waals surface area (Å²) in [6, 6.07) is 8.81. The van der Waals surface area contributed by atoms with Gasteiger partial charge in [0.2, 0.25) is 0 Å². The first kappa shape index (κ1) is 19.3. The Labute approximate surface area is 151 Å². The van der Waals surface area contributed by atoms with E-state index in [4.69, 9.17) is 0 Å². The predicted molar refractivity (Wildman–Crippen MR) is 96.8 cm³/mol. The Hall–Kier alpha value is -3.07. The highest BCUT2D eigenvalue weighted by Gasteiger charge is 2.20. The molecule has 138 valence electrons. The van der Waals surface area contributed by atoms with Crippen LogP contribution in [0, 0.1) is 13.8 Å². The van der Waals surface area contributed by atoms with Crippen LogP contribution in [-0.4, -0.2) is 32.6 Å². The number of carboxylic acid groups (broad SMARTS) is 1. The highest BCUT2D eigenvalue weighted by atomic mass is 32.2. The lowest BCUT2D eigenvalue weighted by Gasteiger charge is -2.15. The molecule has 0 atom stereocenters. The normalized spacial score (nSPS) is 10.9. The van der Waals surface area contributed by atoms with Gasteiger partial charge in [0.1, 0.15) is 0 Å². The van der Waals surface area contributed by atoms with Gasteiger partial charge in [-0.25, -0.2) is 9.59 Å². The van der Waals surface area contributed by atoms with Gasteiger partial charge in [-0.2, -0.15) is 8.42 Å². The Morgan fingerprint density at radius 1 is 1.04 bits per heavy atom. The molecule has 0 heterocycles. The number of nitrogens with one attached hydrogen (secondary N) is 2. The molecule has 9 heteroatoms. The summed E-state index contributed by atoms with van der Waals surface area (Å²) in [5, 5.41) is 9.31. The predicted octanol–water partition coefficient (Wildman–Crippen LogP) is 2.56. The molecule has 3 N–H and O–H groups in total. The van der Waals surface area contributed by atoms with Crippen molar-refractivity contribution in [3.05, 3.63) is 58.7 Å². The van der Waals surface area contributed by atoms with Crippen LogP contribution in [0.4, 0.5) is 11.4 Å². The minimum Gasteiger partial charge on any atom is -0.478 e. The summed E-state index contributed by atoms with van der Waals surface area (Å²) in [5.74, 6) is -2.11. The van der Waals surface area contributed by atoms with Crippen LogP contribution in [0.5, 0.6) is 0 Å². The largest absolute Gasteiger partial charge is 0.478 e. The molecular weight excluding hydrogens is 360 g/mol. The fourth-order valence-electron chi connectivity index (χ4n) is 2.34. The van der Waals surface area contributed by atoms with Crippen molar-refractivity contribution in [2.45, 2.75) is 13.8 Å². The maximum Gasteiger partial charge on any atom is 0.337 e.